The highest BCUT2D eigenvalue weighted by molar-refractivity contribution is 5.71. The van der Waals surface area contributed by atoms with Crippen LogP contribution in [0.1, 0.15) is 239 Å². The minimum absolute atomic E-state index is 0.115. The van der Waals surface area contributed by atoms with Crippen molar-refractivity contribution in [2.75, 3.05) is 13.2 Å². The Kier molecular flexibility index (Phi) is 56.0. The van der Waals surface area contributed by atoms with E-state index in [0.29, 0.717) is 19.3 Å². The second kappa shape index (κ2) is 59.8. The molecule has 6 nitrogen and oxygen atoms in total. The molecule has 0 aliphatic heterocycles. The van der Waals surface area contributed by atoms with Crippen LogP contribution in [0, 0.1) is 0 Å². The Labute approximate surface area is 448 Å². The molecule has 0 fully saturated rings. The lowest BCUT2D eigenvalue weighted by atomic mass is 10.0. The van der Waals surface area contributed by atoms with E-state index in [1.54, 1.807) is 0 Å². The van der Waals surface area contributed by atoms with Crippen molar-refractivity contribution in [3.05, 3.63) is 146 Å². The van der Waals surface area contributed by atoms with Crippen molar-refractivity contribution in [2.45, 2.75) is 245 Å². The van der Waals surface area contributed by atoms with Crippen LogP contribution >= 0.6 is 0 Å². The standard InChI is InChI=1S/C67H106O6/c1-4-7-10-13-16-19-22-25-27-29-30-31-32-33-34-35-36-38-39-42-45-48-51-54-57-60-66(69)72-63-64(62-71-65(68)59-56-53-50-47-44-41-24-21-18-15-12-9-6-3)73-67(70)61-58-55-52-49-46-43-40-37-28-26-23-20-17-14-11-8-5-2/h7-8,10-11,16-17,19-20,25-28,30-31,33-34,36,38,40,42-43,45,49,52,64H,4-6,9,12-15,18,21-24,29,32,35,37,39,41,44,46-48,50-51,53-63H2,1-3H3/b10-7-,11-8-,19-16-,20-17-,27-25-,28-26-,31-30-,34-33-,38-36-,43-40-,45-42-,52-49-. The van der Waals surface area contributed by atoms with Gasteiger partial charge in [-0.15, -0.1) is 0 Å². The molecule has 0 heterocycles. The van der Waals surface area contributed by atoms with E-state index in [2.05, 4.69) is 167 Å². The maximum absolute atomic E-state index is 12.8. The van der Waals surface area contributed by atoms with Gasteiger partial charge in [-0.1, -0.05) is 250 Å². The summed E-state index contributed by atoms with van der Waals surface area (Å²) in [6.45, 7) is 6.33. The highest BCUT2D eigenvalue weighted by atomic mass is 16.6. The van der Waals surface area contributed by atoms with E-state index in [1.807, 2.05) is 0 Å². The zero-order valence-corrected chi connectivity index (χ0v) is 46.8. The SMILES string of the molecule is CC/C=C\C/C=C\C/C=C\C/C=C\C/C=C\C/C=C\C/C=C\CCCCCC(=O)OCC(COC(=O)CCCCCCCCCCCCCCC)OC(=O)CCC/C=C\C/C=C\C/C=C\C/C=C\C/C=C\CC. The minimum atomic E-state index is -0.827. The Bertz CT molecular complexity index is 1630. The molecule has 0 aromatic rings. The van der Waals surface area contributed by atoms with Gasteiger partial charge < -0.3 is 14.2 Å². The smallest absolute Gasteiger partial charge is 0.306 e. The van der Waals surface area contributed by atoms with E-state index in [4.69, 9.17) is 14.2 Å². The van der Waals surface area contributed by atoms with Crippen LogP contribution in [0.3, 0.4) is 0 Å². The van der Waals surface area contributed by atoms with E-state index < -0.39 is 6.10 Å². The third kappa shape index (κ3) is 58.1. The van der Waals surface area contributed by atoms with E-state index in [9.17, 15) is 14.4 Å². The molecule has 0 saturated heterocycles. The summed E-state index contributed by atoms with van der Waals surface area (Å²) >= 11 is 0. The van der Waals surface area contributed by atoms with Gasteiger partial charge in [0.25, 0.3) is 0 Å². The van der Waals surface area contributed by atoms with Crippen LogP contribution in [0.15, 0.2) is 146 Å². The van der Waals surface area contributed by atoms with Crippen molar-refractivity contribution in [3.8, 4) is 0 Å². The third-order valence-corrected chi connectivity index (χ3v) is 11.8. The van der Waals surface area contributed by atoms with Crippen LogP contribution in [0.4, 0.5) is 0 Å². The highest BCUT2D eigenvalue weighted by Gasteiger charge is 2.19. The molecular weight excluding hydrogens is 901 g/mol. The van der Waals surface area contributed by atoms with Gasteiger partial charge in [0.15, 0.2) is 6.10 Å². The summed E-state index contributed by atoms with van der Waals surface area (Å²) in [5.74, 6) is -1.01. The summed E-state index contributed by atoms with van der Waals surface area (Å²) < 4.78 is 16.8. The van der Waals surface area contributed by atoms with E-state index in [-0.39, 0.29) is 37.5 Å². The molecule has 1 atom stereocenters. The number of rotatable bonds is 51. The fourth-order valence-corrected chi connectivity index (χ4v) is 7.52. The van der Waals surface area contributed by atoms with Crippen molar-refractivity contribution < 1.29 is 28.6 Å². The predicted octanol–water partition coefficient (Wildman–Crippen LogP) is 20.0. The van der Waals surface area contributed by atoms with Crippen molar-refractivity contribution in [1.82, 2.24) is 0 Å². The summed E-state index contributed by atoms with van der Waals surface area (Å²) in [5, 5.41) is 0. The number of esters is 3. The van der Waals surface area contributed by atoms with Crippen molar-refractivity contribution in [1.29, 1.82) is 0 Å². The first-order valence-corrected chi connectivity index (χ1v) is 29.3. The number of hydrogen-bond donors (Lipinski definition) is 0. The first-order valence-electron chi connectivity index (χ1n) is 29.3. The Morgan fingerprint density at radius 1 is 0.288 bits per heavy atom. The van der Waals surface area contributed by atoms with Gasteiger partial charge >= 0.3 is 17.9 Å². The normalized spacial score (nSPS) is 13.2. The Morgan fingerprint density at radius 2 is 0.548 bits per heavy atom. The second-order valence-electron chi connectivity index (χ2n) is 18.8. The lowest BCUT2D eigenvalue weighted by Gasteiger charge is -2.18. The molecule has 0 aliphatic carbocycles. The van der Waals surface area contributed by atoms with Gasteiger partial charge in [-0.3, -0.25) is 14.4 Å². The predicted molar refractivity (Wildman–Crippen MR) is 315 cm³/mol. The molecule has 0 N–H and O–H groups in total. The van der Waals surface area contributed by atoms with Crippen LogP contribution in [0.2, 0.25) is 0 Å². The first kappa shape index (κ1) is 68.3. The lowest BCUT2D eigenvalue weighted by Crippen LogP contribution is -2.30. The van der Waals surface area contributed by atoms with Crippen LogP contribution < -0.4 is 0 Å². The molecule has 0 spiro atoms. The molecule has 1 unspecified atom stereocenters. The summed E-state index contributed by atoms with van der Waals surface area (Å²) in [6.07, 6.45) is 85.6. The average Bonchev–Trinajstić information content (AvgIpc) is 3.39. The van der Waals surface area contributed by atoms with E-state index >= 15 is 0 Å². The van der Waals surface area contributed by atoms with Crippen LogP contribution in [-0.4, -0.2) is 37.2 Å². The van der Waals surface area contributed by atoms with Gasteiger partial charge in [-0.05, 0) is 116 Å². The number of allylic oxidation sites excluding steroid dienone is 24. The number of carbonyl (C=O) groups excluding carboxylic acids is 3. The second-order valence-corrected chi connectivity index (χ2v) is 18.8. The molecule has 0 bridgehead atoms. The monoisotopic (exact) mass is 1010 g/mol. The van der Waals surface area contributed by atoms with Gasteiger partial charge in [0.05, 0.1) is 0 Å². The first-order chi connectivity index (χ1) is 36.0. The lowest BCUT2D eigenvalue weighted by molar-refractivity contribution is -0.167. The molecule has 410 valence electrons. The molecule has 0 amide bonds. The summed E-state index contributed by atoms with van der Waals surface area (Å²) in [6, 6.07) is 0. The molecule has 73 heavy (non-hydrogen) atoms. The Hall–Kier alpha value is -4.71. The highest BCUT2D eigenvalue weighted by Crippen LogP contribution is 2.14. The fraction of sp³-hybridized carbons (Fsp3) is 0.597. The van der Waals surface area contributed by atoms with Crippen molar-refractivity contribution in [3.63, 3.8) is 0 Å². The van der Waals surface area contributed by atoms with Crippen molar-refractivity contribution in [2.24, 2.45) is 0 Å². The number of hydrogen-bond acceptors (Lipinski definition) is 6. The molecule has 0 radical (unpaired) electrons. The zero-order valence-electron chi connectivity index (χ0n) is 46.8. The van der Waals surface area contributed by atoms with Gasteiger partial charge in [0.1, 0.15) is 13.2 Å². The van der Waals surface area contributed by atoms with Crippen molar-refractivity contribution >= 4 is 17.9 Å². The maximum atomic E-state index is 12.8. The van der Waals surface area contributed by atoms with E-state index in [1.165, 1.54) is 64.2 Å². The van der Waals surface area contributed by atoms with Crippen LogP contribution in [0.5, 0.6) is 0 Å². The zero-order chi connectivity index (χ0) is 52.9. The maximum Gasteiger partial charge on any atom is 0.306 e. The topological polar surface area (TPSA) is 78.9 Å². The molecule has 0 saturated carbocycles. The largest absolute Gasteiger partial charge is 0.462 e. The average molecular weight is 1010 g/mol. The Morgan fingerprint density at radius 3 is 0.877 bits per heavy atom. The van der Waals surface area contributed by atoms with Gasteiger partial charge in [0.2, 0.25) is 0 Å². The summed E-state index contributed by atoms with van der Waals surface area (Å²) in [5.41, 5.74) is 0. The summed E-state index contributed by atoms with van der Waals surface area (Å²) in [4.78, 5) is 38.2. The fourth-order valence-electron chi connectivity index (χ4n) is 7.52. The van der Waals surface area contributed by atoms with Crippen LogP contribution in [0.25, 0.3) is 0 Å². The molecule has 0 aromatic heterocycles. The van der Waals surface area contributed by atoms with E-state index in [0.717, 1.165) is 128 Å². The minimum Gasteiger partial charge on any atom is -0.462 e. The van der Waals surface area contributed by atoms with Gasteiger partial charge in [-0.2, -0.15) is 0 Å². The van der Waals surface area contributed by atoms with Crippen LogP contribution in [-0.2, 0) is 28.6 Å². The quantitative estimate of drug-likeness (QED) is 0.0261. The molecule has 0 rings (SSSR count). The molecule has 6 heteroatoms. The summed E-state index contributed by atoms with van der Waals surface area (Å²) in [7, 11) is 0. The number of carbonyl (C=O) groups is 3. The van der Waals surface area contributed by atoms with Gasteiger partial charge in [0, 0.05) is 19.3 Å². The molecular formula is C67H106O6. The van der Waals surface area contributed by atoms with Gasteiger partial charge in [-0.25, -0.2) is 0 Å². The number of unbranched alkanes of at least 4 members (excludes halogenated alkanes) is 16. The molecule has 0 aromatic carbocycles. The Balaban J connectivity index is 4.51. The molecule has 0 aliphatic rings. The number of ether oxygens (including phenoxy) is 3. The third-order valence-electron chi connectivity index (χ3n) is 11.8.